The fourth-order valence-electron chi connectivity index (χ4n) is 10.5. The fourth-order valence-corrected chi connectivity index (χ4v) is 11.2. The Labute approximate surface area is 647 Å². The minimum absolute atomic E-state index is 0. The van der Waals surface area contributed by atoms with Crippen LogP contribution in [0.5, 0.6) is 29.0 Å². The first-order valence-electron chi connectivity index (χ1n) is 32.3. The summed E-state index contributed by atoms with van der Waals surface area (Å²) in [5.74, 6) is 3.30. The number of fused-ring (bicyclic) bond motifs is 3. The van der Waals surface area contributed by atoms with Crippen molar-refractivity contribution in [1.29, 1.82) is 0 Å². The van der Waals surface area contributed by atoms with Gasteiger partial charge in [0.25, 0.3) is 0 Å². The molecule has 532 valence electrons. The van der Waals surface area contributed by atoms with Gasteiger partial charge in [0.15, 0.2) is 0 Å². The summed E-state index contributed by atoms with van der Waals surface area (Å²) in [4.78, 5) is 34.8. The second kappa shape index (κ2) is 35.4. The number of aryl methyl sites for hydroxylation is 2. The SMILES string of the molecule is CC(O)c1ccc(Br)cc1.COc1ccn2c(-c3cc(Cl)ccn3)cnc2c1.COc1ccn2c(-c3cc(OC(C)c4ccc(-c5cnn(C)c5)cc4)ncn3)cnc2c1.COc1ccn2c(-c3cc(OC(C)c4ccc(Br)cc4)ncn3)cnc2c1.Cn1cc(B2OC(C)(C)C(C)(C)O2)cn1.F.[H-].[Na+]. The smallest absolute Gasteiger partial charge is 1.00 e. The van der Waals surface area contributed by atoms with Crippen LogP contribution in [0.1, 0.15) is 84.9 Å². The predicted octanol–water partition coefficient (Wildman–Crippen LogP) is 12.6. The van der Waals surface area contributed by atoms with E-state index >= 15 is 0 Å². The van der Waals surface area contributed by atoms with Gasteiger partial charge in [-0.15, -0.1) is 0 Å². The van der Waals surface area contributed by atoms with E-state index in [9.17, 15) is 0 Å². The summed E-state index contributed by atoms with van der Waals surface area (Å²) in [5, 5.41) is 18.1. The monoisotopic (exact) mass is 1560 g/mol. The summed E-state index contributed by atoms with van der Waals surface area (Å²) in [7, 11) is 8.40. The molecule has 0 saturated carbocycles. The first kappa shape index (κ1) is 78.7. The van der Waals surface area contributed by atoms with E-state index in [0.29, 0.717) is 16.8 Å². The third kappa shape index (κ3) is 19.5. The molecule has 29 heteroatoms. The number of imidazole rings is 3. The van der Waals surface area contributed by atoms with Gasteiger partial charge < -0.3 is 39.5 Å². The maximum absolute atomic E-state index is 9.10. The molecule has 0 radical (unpaired) electrons. The van der Waals surface area contributed by atoms with E-state index in [1.807, 2.05) is 209 Å². The molecular formula is C75H77BBr2ClFN15NaO8. The van der Waals surface area contributed by atoms with Gasteiger partial charge in [-0.25, -0.2) is 34.9 Å². The number of halogens is 4. The van der Waals surface area contributed by atoms with Gasteiger partial charge in [0.1, 0.15) is 59.1 Å². The molecule has 0 bridgehead atoms. The van der Waals surface area contributed by atoms with Crippen LogP contribution in [0.2, 0.25) is 5.02 Å². The Hall–Kier alpha value is -9.42. The Balaban J connectivity index is 0.000000173. The van der Waals surface area contributed by atoms with Crippen molar-refractivity contribution in [3.8, 4) is 74.3 Å². The van der Waals surface area contributed by atoms with Crippen molar-refractivity contribution in [3.63, 3.8) is 0 Å². The van der Waals surface area contributed by atoms with Crippen LogP contribution in [-0.2, 0) is 23.4 Å². The number of hydrogen-bond donors (Lipinski definition) is 1. The molecule has 1 fully saturated rings. The molecule has 3 unspecified atom stereocenters. The fraction of sp³-hybridized carbons (Fsp3) is 0.227. The maximum Gasteiger partial charge on any atom is 1.00 e. The summed E-state index contributed by atoms with van der Waals surface area (Å²) >= 11 is 12.7. The second-order valence-corrected chi connectivity index (χ2v) is 26.8. The molecule has 1 aliphatic rings. The topological polar surface area (TPSA) is 237 Å². The molecule has 3 atom stereocenters. The minimum atomic E-state index is -0.368. The average Bonchev–Trinajstić information content (AvgIpc) is 1.67. The number of aromatic nitrogens is 15. The number of aliphatic hydroxyl groups excluding tert-OH is 1. The third-order valence-electron chi connectivity index (χ3n) is 16.9. The molecule has 1 aliphatic heterocycles. The van der Waals surface area contributed by atoms with Crippen molar-refractivity contribution < 1.29 is 73.8 Å². The number of nitrogens with zero attached hydrogens (tertiary/aromatic N) is 15. The van der Waals surface area contributed by atoms with Gasteiger partial charge in [-0.05, 0) is 125 Å². The minimum Gasteiger partial charge on any atom is -1.00 e. The van der Waals surface area contributed by atoms with Crippen LogP contribution in [0.25, 0.3) is 62.2 Å². The first-order chi connectivity index (χ1) is 49.0. The molecule has 12 heterocycles. The van der Waals surface area contributed by atoms with E-state index < -0.39 is 0 Å². The zero-order valence-corrected chi connectivity index (χ0v) is 65.5. The van der Waals surface area contributed by atoms with Crippen molar-refractivity contribution in [3.05, 3.63) is 245 Å². The van der Waals surface area contributed by atoms with Crippen LogP contribution in [0.3, 0.4) is 0 Å². The van der Waals surface area contributed by atoms with E-state index in [4.69, 9.17) is 49.7 Å². The quantitative estimate of drug-likeness (QED) is 0.0939. The number of aliphatic hydroxyl groups is 1. The number of hydrogen-bond acceptors (Lipinski definition) is 18. The molecule has 15 rings (SSSR count). The summed E-state index contributed by atoms with van der Waals surface area (Å²) < 4.78 is 51.1. The van der Waals surface area contributed by atoms with Crippen molar-refractivity contribution in [2.24, 2.45) is 14.1 Å². The van der Waals surface area contributed by atoms with Crippen LogP contribution in [0.15, 0.2) is 223 Å². The van der Waals surface area contributed by atoms with Gasteiger partial charge in [0.2, 0.25) is 11.8 Å². The van der Waals surface area contributed by atoms with E-state index in [2.05, 4.69) is 106 Å². The first-order valence-corrected chi connectivity index (χ1v) is 34.3. The van der Waals surface area contributed by atoms with Crippen molar-refractivity contribution in [2.75, 3.05) is 21.3 Å². The average molecular weight is 1560 g/mol. The van der Waals surface area contributed by atoms with Gasteiger partial charge in [-0.3, -0.25) is 32.3 Å². The van der Waals surface area contributed by atoms with Gasteiger partial charge in [-0.2, -0.15) is 10.2 Å². The molecule has 3 aromatic carbocycles. The van der Waals surface area contributed by atoms with Gasteiger partial charge in [0.05, 0.1) is 97.6 Å². The second-order valence-electron chi connectivity index (χ2n) is 24.5. The van der Waals surface area contributed by atoms with Crippen LogP contribution in [-0.4, -0.2) is 117 Å². The van der Waals surface area contributed by atoms with Gasteiger partial charge in [-0.1, -0.05) is 92.0 Å². The van der Waals surface area contributed by atoms with Crippen LogP contribution in [0, 0.1) is 0 Å². The summed E-state index contributed by atoms with van der Waals surface area (Å²) in [5.41, 5.74) is 12.9. The predicted molar refractivity (Wildman–Crippen MR) is 404 cm³/mol. The van der Waals surface area contributed by atoms with Crippen molar-refractivity contribution in [2.45, 2.75) is 78.0 Å². The number of ether oxygens (including phenoxy) is 5. The number of rotatable bonds is 15. The summed E-state index contributed by atoms with van der Waals surface area (Å²) in [6, 6.07) is 42.4. The largest absolute Gasteiger partial charge is 1.00 e. The standard InChI is InChI=1S/C24H22N6O2.C20H17BrN4O2.C13H10ClN3O.C10H17BN2O2.C8H9BrO.FH.Na.H/c1-16(17-4-6-18(7-5-17)19-12-28-29(2)14-19)32-24-11-21(26-15-27-24)22-13-25-23-10-20(31-3)8-9-30(22)23;1-13(14-3-5-15(21)6-4-14)27-20-10-17(23-12-24-20)18-11-22-19-9-16(26-2)7-8-25(18)19;1-18-10-3-5-17-12(8-16-13(17)7-10)11-6-9(14)2-4-15-11;1-9(2)10(3,4)15-11(14-9)8-6-12-13(5)7-8;1-6(10)7-2-4-8(9)5-3-7;;;/h4-16H,1-3H3;3-13H,1-2H3;2-8H,1H3;6-7H,1-5H3;2-6,10H,1H3;1H;;/q;;;;;;+1;-1. The summed E-state index contributed by atoms with van der Waals surface area (Å²) in [6.45, 7) is 13.9. The molecule has 14 aromatic rings. The number of methoxy groups -OCH3 is 3. The molecule has 104 heavy (non-hydrogen) atoms. The molecular weight excluding hydrogens is 1490 g/mol. The Morgan fingerprint density at radius 3 is 1.28 bits per heavy atom. The van der Waals surface area contributed by atoms with E-state index in [1.165, 1.54) is 12.7 Å². The third-order valence-corrected chi connectivity index (χ3v) is 18.2. The van der Waals surface area contributed by atoms with Crippen LogP contribution in [0.4, 0.5) is 4.70 Å². The van der Waals surface area contributed by atoms with Crippen LogP contribution >= 0.6 is 43.5 Å². The molecule has 0 amide bonds. The van der Waals surface area contributed by atoms with Gasteiger partial charge >= 0.3 is 36.7 Å². The molecule has 1 saturated heterocycles. The van der Waals surface area contributed by atoms with Gasteiger partial charge in [0, 0.05) is 113 Å². The Morgan fingerprint density at radius 2 is 0.894 bits per heavy atom. The number of benzene rings is 3. The summed E-state index contributed by atoms with van der Waals surface area (Å²) in [6.07, 6.45) is 22.6. The zero-order chi connectivity index (χ0) is 72.2. The molecule has 1 N–H and O–H groups in total. The maximum atomic E-state index is 9.10. The van der Waals surface area contributed by atoms with Crippen molar-refractivity contribution >= 4 is 73.0 Å². The zero-order valence-electron chi connectivity index (χ0n) is 60.6. The van der Waals surface area contributed by atoms with E-state index in [-0.39, 0.29) is 72.3 Å². The molecule has 11 aromatic heterocycles. The Bertz CT molecular complexity index is 5120. The Kier molecular flexibility index (Phi) is 26.8. The molecule has 0 spiro atoms. The van der Waals surface area contributed by atoms with E-state index in [0.717, 1.165) is 111 Å². The molecule has 0 aliphatic carbocycles. The van der Waals surface area contributed by atoms with Crippen molar-refractivity contribution in [1.82, 2.24) is 72.6 Å². The number of pyridine rings is 4. The Morgan fingerprint density at radius 1 is 0.490 bits per heavy atom. The normalized spacial score (nSPS) is 13.4. The molecule has 23 nitrogen and oxygen atoms in total. The van der Waals surface area contributed by atoms with Crippen LogP contribution < -0.4 is 58.7 Å². The van der Waals surface area contributed by atoms with E-state index in [1.54, 1.807) is 74.7 Å².